The van der Waals surface area contributed by atoms with E-state index in [-0.39, 0.29) is 17.9 Å². The Morgan fingerprint density at radius 3 is 2.82 bits per heavy atom. The van der Waals surface area contributed by atoms with Gasteiger partial charge in [-0.1, -0.05) is 17.3 Å². The van der Waals surface area contributed by atoms with Gasteiger partial charge in [0.25, 0.3) is 0 Å². The predicted molar refractivity (Wildman–Crippen MR) is 105 cm³/mol. The lowest BCUT2D eigenvalue weighted by molar-refractivity contribution is -0.161. The normalized spacial score (nSPS) is 24.5. The Bertz CT molecular complexity index is 739. The van der Waals surface area contributed by atoms with Crippen molar-refractivity contribution >= 4 is 11.7 Å². The molecular weight excluding hydrogens is 359 g/mol. The van der Waals surface area contributed by atoms with E-state index in [1.54, 1.807) is 6.07 Å². The minimum Gasteiger partial charge on any atom is -0.466 e. The van der Waals surface area contributed by atoms with Crippen molar-refractivity contribution in [3.05, 3.63) is 35.6 Å². The summed E-state index contributed by atoms with van der Waals surface area (Å²) in [6, 6.07) is 6.41. The molecule has 5 nitrogen and oxygen atoms in total. The van der Waals surface area contributed by atoms with E-state index in [1.807, 2.05) is 13.0 Å². The molecule has 1 saturated heterocycles. The maximum Gasteiger partial charge on any atom is 0.312 e. The summed E-state index contributed by atoms with van der Waals surface area (Å²) >= 11 is 0. The molecule has 3 aliphatic rings. The Balaban J connectivity index is 1.40. The topological polar surface area (TPSA) is 51.1 Å². The van der Waals surface area contributed by atoms with E-state index >= 15 is 0 Å². The fourth-order valence-corrected chi connectivity index (χ4v) is 4.42. The number of esters is 1. The molecule has 2 fully saturated rings. The molecule has 4 rings (SSSR count). The molecule has 1 atom stereocenters. The third-order valence-corrected chi connectivity index (χ3v) is 6.24. The number of carbonyl (C=O) groups excluding carboxylic acids is 1. The Kier molecular flexibility index (Phi) is 5.67. The first-order valence-corrected chi connectivity index (χ1v) is 10.5. The van der Waals surface area contributed by atoms with Gasteiger partial charge < -0.3 is 14.5 Å². The lowest BCUT2D eigenvalue weighted by Gasteiger charge is -2.40. The molecule has 0 bridgehead atoms. The summed E-state index contributed by atoms with van der Waals surface area (Å²) < 4.78 is 19.0. The molecule has 1 aromatic rings. The number of ether oxygens (including phenoxy) is 1. The molecule has 0 N–H and O–H groups in total. The molecule has 0 radical (unpaired) electrons. The van der Waals surface area contributed by atoms with Crippen LogP contribution in [0.25, 0.3) is 0 Å². The molecule has 0 amide bonds. The van der Waals surface area contributed by atoms with Crippen LogP contribution in [0.1, 0.15) is 51.0 Å². The average Bonchev–Trinajstić information content (AvgIpc) is 3.39. The van der Waals surface area contributed by atoms with E-state index in [0.717, 1.165) is 49.7 Å². The molecule has 0 aromatic heterocycles. The van der Waals surface area contributed by atoms with Crippen molar-refractivity contribution in [2.75, 3.05) is 26.2 Å². The van der Waals surface area contributed by atoms with Crippen molar-refractivity contribution in [3.8, 4) is 0 Å². The van der Waals surface area contributed by atoms with Gasteiger partial charge in [-0.15, -0.1) is 0 Å². The third-order valence-electron chi connectivity index (χ3n) is 6.24. The second-order valence-corrected chi connectivity index (χ2v) is 8.43. The molecule has 2 aliphatic heterocycles. The van der Waals surface area contributed by atoms with E-state index in [0.29, 0.717) is 19.4 Å². The van der Waals surface area contributed by atoms with Gasteiger partial charge in [-0.25, -0.2) is 4.39 Å². The fraction of sp³-hybridized carbons (Fsp3) is 0.636. The monoisotopic (exact) mass is 388 g/mol. The van der Waals surface area contributed by atoms with E-state index in [1.165, 1.54) is 25.0 Å². The zero-order chi connectivity index (χ0) is 19.6. The SMILES string of the molecule is CCOC(=O)C1(CC2CC(c3cccc(F)c3)=NO2)CCN(CC2CC2)CC1. The van der Waals surface area contributed by atoms with E-state index in [2.05, 4.69) is 10.1 Å². The first-order chi connectivity index (χ1) is 13.6. The quantitative estimate of drug-likeness (QED) is 0.668. The molecule has 2 heterocycles. The molecule has 1 aromatic carbocycles. The van der Waals surface area contributed by atoms with Gasteiger partial charge in [-0.05, 0) is 63.7 Å². The Hall–Kier alpha value is -1.95. The highest BCUT2D eigenvalue weighted by molar-refractivity contribution is 6.01. The number of piperidine rings is 1. The molecule has 6 heteroatoms. The lowest BCUT2D eigenvalue weighted by atomic mass is 9.73. The number of rotatable bonds is 7. The standard InChI is InChI=1S/C22H29FN2O3/c1-2-27-21(26)22(8-10-25(11-9-22)15-16-6-7-16)14-19-13-20(24-28-19)17-4-3-5-18(23)12-17/h3-5,12,16,19H,2,6-11,13-15H2,1H3. The molecule has 1 aliphatic carbocycles. The second kappa shape index (κ2) is 8.19. The highest BCUT2D eigenvalue weighted by Crippen LogP contribution is 2.41. The van der Waals surface area contributed by atoms with Crippen molar-refractivity contribution in [2.45, 2.75) is 51.6 Å². The first-order valence-electron chi connectivity index (χ1n) is 10.5. The second-order valence-electron chi connectivity index (χ2n) is 8.43. The van der Waals surface area contributed by atoms with Crippen LogP contribution in [0.4, 0.5) is 4.39 Å². The van der Waals surface area contributed by atoms with Crippen LogP contribution in [-0.2, 0) is 14.4 Å². The van der Waals surface area contributed by atoms with Crippen LogP contribution < -0.4 is 0 Å². The molecule has 0 spiro atoms. The number of hydrogen-bond acceptors (Lipinski definition) is 5. The number of carbonyl (C=O) groups is 1. The molecular formula is C22H29FN2O3. The number of oxime groups is 1. The highest BCUT2D eigenvalue weighted by Gasteiger charge is 2.46. The van der Waals surface area contributed by atoms with Gasteiger partial charge in [0.05, 0.1) is 17.7 Å². The Morgan fingerprint density at radius 2 is 2.14 bits per heavy atom. The molecule has 152 valence electrons. The smallest absolute Gasteiger partial charge is 0.312 e. The summed E-state index contributed by atoms with van der Waals surface area (Å²) in [6.45, 7) is 5.26. The third kappa shape index (κ3) is 4.37. The number of halogens is 1. The zero-order valence-corrected chi connectivity index (χ0v) is 16.5. The van der Waals surface area contributed by atoms with E-state index < -0.39 is 5.41 Å². The van der Waals surface area contributed by atoms with Crippen LogP contribution in [0.3, 0.4) is 0 Å². The van der Waals surface area contributed by atoms with E-state index in [4.69, 9.17) is 9.57 Å². The van der Waals surface area contributed by atoms with Gasteiger partial charge in [-0.3, -0.25) is 4.79 Å². The average molecular weight is 388 g/mol. The van der Waals surface area contributed by atoms with Crippen molar-refractivity contribution < 1.29 is 18.8 Å². The van der Waals surface area contributed by atoms with Gasteiger partial charge in [-0.2, -0.15) is 0 Å². The maximum absolute atomic E-state index is 13.5. The van der Waals surface area contributed by atoms with Crippen LogP contribution in [0.5, 0.6) is 0 Å². The highest BCUT2D eigenvalue weighted by atomic mass is 19.1. The van der Waals surface area contributed by atoms with Crippen LogP contribution in [0.15, 0.2) is 29.4 Å². The summed E-state index contributed by atoms with van der Waals surface area (Å²) in [6.07, 6.45) is 5.31. The zero-order valence-electron chi connectivity index (χ0n) is 16.5. The van der Waals surface area contributed by atoms with Crippen LogP contribution in [0, 0.1) is 17.2 Å². The van der Waals surface area contributed by atoms with Gasteiger partial charge in [0, 0.05) is 24.9 Å². The maximum atomic E-state index is 13.5. The van der Waals surface area contributed by atoms with Gasteiger partial charge in [0.15, 0.2) is 0 Å². The van der Waals surface area contributed by atoms with Gasteiger partial charge in [0.1, 0.15) is 11.9 Å². The van der Waals surface area contributed by atoms with Crippen LogP contribution in [-0.4, -0.2) is 48.9 Å². The fourth-order valence-electron chi connectivity index (χ4n) is 4.42. The summed E-state index contributed by atoms with van der Waals surface area (Å²) in [5.41, 5.74) is 0.981. The van der Waals surface area contributed by atoms with Gasteiger partial charge in [0.2, 0.25) is 0 Å². The molecule has 1 saturated carbocycles. The summed E-state index contributed by atoms with van der Waals surface area (Å²) in [5, 5.41) is 4.18. The van der Waals surface area contributed by atoms with Crippen molar-refractivity contribution in [3.63, 3.8) is 0 Å². The largest absolute Gasteiger partial charge is 0.466 e. The minimum absolute atomic E-state index is 0.108. The number of hydrogen-bond donors (Lipinski definition) is 0. The predicted octanol–water partition coefficient (Wildman–Crippen LogP) is 3.76. The summed E-state index contributed by atoms with van der Waals surface area (Å²) in [4.78, 5) is 21.0. The number of nitrogens with zero attached hydrogens (tertiary/aromatic N) is 2. The summed E-state index contributed by atoms with van der Waals surface area (Å²) in [5.74, 6) is 0.467. The number of likely N-dealkylation sites (tertiary alicyclic amines) is 1. The molecule has 28 heavy (non-hydrogen) atoms. The minimum atomic E-state index is -0.506. The first kappa shape index (κ1) is 19.4. The molecule has 1 unspecified atom stereocenters. The van der Waals surface area contributed by atoms with Crippen LogP contribution in [0.2, 0.25) is 0 Å². The van der Waals surface area contributed by atoms with Crippen molar-refractivity contribution in [1.82, 2.24) is 4.90 Å². The van der Waals surface area contributed by atoms with Gasteiger partial charge >= 0.3 is 5.97 Å². The van der Waals surface area contributed by atoms with Crippen molar-refractivity contribution in [1.29, 1.82) is 0 Å². The van der Waals surface area contributed by atoms with Crippen molar-refractivity contribution in [2.24, 2.45) is 16.5 Å². The van der Waals surface area contributed by atoms with E-state index in [9.17, 15) is 9.18 Å². The Labute approximate surface area is 165 Å². The van der Waals surface area contributed by atoms with Crippen LogP contribution >= 0.6 is 0 Å². The summed E-state index contributed by atoms with van der Waals surface area (Å²) in [7, 11) is 0. The number of benzene rings is 1. The Morgan fingerprint density at radius 1 is 1.36 bits per heavy atom. The lowest BCUT2D eigenvalue weighted by Crippen LogP contribution is -2.47.